The van der Waals surface area contributed by atoms with E-state index in [1.807, 2.05) is 29.3 Å². The summed E-state index contributed by atoms with van der Waals surface area (Å²) in [6, 6.07) is 6.63. The van der Waals surface area contributed by atoms with Crippen molar-refractivity contribution in [3.05, 3.63) is 44.3 Å². The molecule has 0 saturated heterocycles. The summed E-state index contributed by atoms with van der Waals surface area (Å²) in [6.45, 7) is 2.78. The van der Waals surface area contributed by atoms with E-state index in [2.05, 4.69) is 11.4 Å². The second-order valence-corrected chi connectivity index (χ2v) is 6.62. The number of rotatable bonds is 4. The first-order chi connectivity index (χ1) is 8.75. The number of carbonyl (C=O) groups is 1. The molecule has 0 atom stereocenters. The minimum absolute atomic E-state index is 0.207. The molecule has 4 heteroatoms. The molecule has 0 aliphatic heterocycles. The molecule has 94 valence electrons. The zero-order valence-electron chi connectivity index (χ0n) is 10.3. The summed E-state index contributed by atoms with van der Waals surface area (Å²) in [4.78, 5) is 16.8. The first-order valence-corrected chi connectivity index (χ1v) is 7.89. The van der Waals surface area contributed by atoms with Crippen LogP contribution in [0.4, 0.5) is 0 Å². The van der Waals surface area contributed by atoms with Gasteiger partial charge in [0.15, 0.2) is 0 Å². The third-order valence-electron chi connectivity index (χ3n) is 3.21. The molecule has 0 unspecified atom stereocenters. The maximum Gasteiger partial charge on any atom is 0.264 e. The van der Waals surface area contributed by atoms with Crippen molar-refractivity contribution in [1.29, 1.82) is 0 Å². The van der Waals surface area contributed by atoms with Gasteiger partial charge in [0.25, 0.3) is 5.91 Å². The predicted molar refractivity (Wildman–Crippen MR) is 76.3 cm³/mol. The van der Waals surface area contributed by atoms with Crippen molar-refractivity contribution < 1.29 is 4.79 Å². The van der Waals surface area contributed by atoms with E-state index in [4.69, 9.17) is 0 Å². The molecule has 0 bridgehead atoms. The molecule has 1 fully saturated rings. The van der Waals surface area contributed by atoms with Gasteiger partial charge in [-0.05, 0) is 48.2 Å². The van der Waals surface area contributed by atoms with Gasteiger partial charge >= 0.3 is 0 Å². The molecule has 2 aromatic rings. The van der Waals surface area contributed by atoms with Crippen LogP contribution in [0.1, 0.15) is 33.0 Å². The van der Waals surface area contributed by atoms with E-state index >= 15 is 0 Å². The molecule has 0 spiro atoms. The van der Waals surface area contributed by atoms with Crippen LogP contribution in [-0.4, -0.2) is 16.8 Å². The van der Waals surface area contributed by atoms with Gasteiger partial charge in [-0.2, -0.15) is 0 Å². The minimum atomic E-state index is 0.207. The zero-order valence-corrected chi connectivity index (χ0v) is 11.9. The van der Waals surface area contributed by atoms with E-state index in [1.165, 1.54) is 4.88 Å². The Morgan fingerprint density at radius 1 is 1.33 bits per heavy atom. The monoisotopic (exact) mass is 277 g/mol. The number of carbonyl (C=O) groups excluding carboxylic acids is 1. The fourth-order valence-electron chi connectivity index (χ4n) is 2.05. The number of hydrogen-bond donors (Lipinski definition) is 0. The molecular formula is C14H15NOS2. The van der Waals surface area contributed by atoms with Crippen molar-refractivity contribution in [2.45, 2.75) is 32.4 Å². The number of nitrogens with zero attached hydrogens (tertiary/aromatic N) is 1. The fourth-order valence-corrected chi connectivity index (χ4v) is 3.63. The lowest BCUT2D eigenvalue weighted by Crippen LogP contribution is -2.32. The Labute approximate surface area is 115 Å². The second-order valence-electron chi connectivity index (χ2n) is 4.68. The Morgan fingerprint density at radius 3 is 2.72 bits per heavy atom. The lowest BCUT2D eigenvalue weighted by Gasteiger charge is -2.21. The van der Waals surface area contributed by atoms with Gasteiger partial charge in [-0.1, -0.05) is 6.07 Å². The summed E-state index contributed by atoms with van der Waals surface area (Å²) in [5, 5.41) is 4.07. The summed E-state index contributed by atoms with van der Waals surface area (Å²) in [5.74, 6) is 0.207. The molecule has 1 aliphatic carbocycles. The molecule has 2 nitrogen and oxygen atoms in total. The van der Waals surface area contributed by atoms with Crippen molar-refractivity contribution in [2.24, 2.45) is 0 Å². The Bertz CT molecular complexity index is 540. The average Bonchev–Trinajstić information content (AvgIpc) is 2.89. The minimum Gasteiger partial charge on any atom is -0.330 e. The second kappa shape index (κ2) is 4.86. The van der Waals surface area contributed by atoms with Crippen LogP contribution in [0.25, 0.3) is 0 Å². The van der Waals surface area contributed by atoms with Crippen LogP contribution in [0, 0.1) is 6.92 Å². The summed E-state index contributed by atoms with van der Waals surface area (Å²) in [5.41, 5.74) is 1.10. The highest BCUT2D eigenvalue weighted by molar-refractivity contribution is 7.12. The fraction of sp³-hybridized carbons (Fsp3) is 0.357. The molecule has 1 saturated carbocycles. The Kier molecular flexibility index (Phi) is 3.22. The normalized spacial score (nSPS) is 14.7. The van der Waals surface area contributed by atoms with Gasteiger partial charge in [-0.15, -0.1) is 22.7 Å². The van der Waals surface area contributed by atoms with Gasteiger partial charge in [0.2, 0.25) is 0 Å². The maximum atomic E-state index is 12.6. The molecule has 2 aromatic heterocycles. The number of thiophene rings is 2. The van der Waals surface area contributed by atoms with Crippen molar-refractivity contribution in [2.75, 3.05) is 0 Å². The highest BCUT2D eigenvalue weighted by atomic mass is 32.1. The number of aryl methyl sites for hydroxylation is 1. The number of hydrogen-bond acceptors (Lipinski definition) is 3. The first-order valence-electron chi connectivity index (χ1n) is 6.13. The van der Waals surface area contributed by atoms with E-state index < -0.39 is 0 Å². The third kappa shape index (κ3) is 2.35. The molecule has 0 N–H and O–H groups in total. The Balaban J connectivity index is 1.82. The quantitative estimate of drug-likeness (QED) is 0.829. The zero-order chi connectivity index (χ0) is 12.5. The Morgan fingerprint density at radius 2 is 2.17 bits per heavy atom. The van der Waals surface area contributed by atoms with Gasteiger partial charge in [-0.25, -0.2) is 0 Å². The summed E-state index contributed by atoms with van der Waals surface area (Å²) in [6.07, 6.45) is 2.31. The van der Waals surface area contributed by atoms with E-state index in [9.17, 15) is 4.79 Å². The van der Waals surface area contributed by atoms with E-state index in [0.717, 1.165) is 29.8 Å². The maximum absolute atomic E-state index is 12.6. The van der Waals surface area contributed by atoms with Crippen molar-refractivity contribution in [1.82, 2.24) is 4.90 Å². The average molecular weight is 277 g/mol. The smallest absolute Gasteiger partial charge is 0.264 e. The van der Waals surface area contributed by atoms with Gasteiger partial charge in [0, 0.05) is 10.9 Å². The topological polar surface area (TPSA) is 20.3 Å². The molecular weight excluding hydrogens is 262 g/mol. The van der Waals surface area contributed by atoms with E-state index in [1.54, 1.807) is 22.7 Å². The highest BCUT2D eigenvalue weighted by Crippen LogP contribution is 2.32. The SMILES string of the molecule is Cc1ccsc1C(=O)N(Cc1cccs1)C1CC1. The molecule has 0 radical (unpaired) electrons. The van der Waals surface area contributed by atoms with Gasteiger partial charge < -0.3 is 4.90 Å². The van der Waals surface area contributed by atoms with E-state index in [0.29, 0.717) is 6.04 Å². The van der Waals surface area contributed by atoms with Gasteiger partial charge in [-0.3, -0.25) is 4.79 Å². The summed E-state index contributed by atoms with van der Waals surface area (Å²) >= 11 is 3.28. The summed E-state index contributed by atoms with van der Waals surface area (Å²) < 4.78 is 0. The Hall–Kier alpha value is -1.13. The van der Waals surface area contributed by atoms with Crippen LogP contribution in [0.5, 0.6) is 0 Å². The molecule has 2 heterocycles. The predicted octanol–water partition coefficient (Wildman–Crippen LogP) is 3.92. The van der Waals surface area contributed by atoms with Crippen LogP contribution in [0.2, 0.25) is 0 Å². The van der Waals surface area contributed by atoms with Gasteiger partial charge in [0.1, 0.15) is 0 Å². The summed E-state index contributed by atoms with van der Waals surface area (Å²) in [7, 11) is 0. The molecule has 1 amide bonds. The van der Waals surface area contributed by atoms with Crippen molar-refractivity contribution >= 4 is 28.6 Å². The number of amides is 1. The standard InChI is InChI=1S/C14H15NOS2/c1-10-6-8-18-13(10)14(16)15(11-4-5-11)9-12-3-2-7-17-12/h2-3,6-8,11H,4-5,9H2,1H3. The van der Waals surface area contributed by atoms with Crippen LogP contribution in [0.3, 0.4) is 0 Å². The molecule has 18 heavy (non-hydrogen) atoms. The van der Waals surface area contributed by atoms with E-state index in [-0.39, 0.29) is 5.91 Å². The molecule has 3 rings (SSSR count). The lowest BCUT2D eigenvalue weighted by atomic mass is 10.2. The third-order valence-corrected chi connectivity index (χ3v) is 5.08. The van der Waals surface area contributed by atoms with Gasteiger partial charge in [0.05, 0.1) is 11.4 Å². The van der Waals surface area contributed by atoms with Crippen LogP contribution < -0.4 is 0 Å². The first kappa shape index (κ1) is 11.9. The van der Waals surface area contributed by atoms with Crippen LogP contribution in [0.15, 0.2) is 29.0 Å². The highest BCUT2D eigenvalue weighted by Gasteiger charge is 2.34. The molecule has 1 aliphatic rings. The lowest BCUT2D eigenvalue weighted by molar-refractivity contribution is 0.0736. The van der Waals surface area contributed by atoms with Crippen LogP contribution >= 0.6 is 22.7 Å². The van der Waals surface area contributed by atoms with Crippen LogP contribution in [-0.2, 0) is 6.54 Å². The molecule has 0 aromatic carbocycles. The van der Waals surface area contributed by atoms with Crippen molar-refractivity contribution in [3.63, 3.8) is 0 Å². The van der Waals surface area contributed by atoms with Crippen molar-refractivity contribution in [3.8, 4) is 0 Å². The largest absolute Gasteiger partial charge is 0.330 e.